The van der Waals surface area contributed by atoms with Crippen LogP contribution in [0.25, 0.3) is 0 Å². The molecule has 2 N–H and O–H groups in total. The van der Waals surface area contributed by atoms with Crippen LogP contribution in [0.3, 0.4) is 0 Å². The van der Waals surface area contributed by atoms with Crippen molar-refractivity contribution in [3.8, 4) is 0 Å². The largest absolute Gasteiger partial charge is 0.403 e. The van der Waals surface area contributed by atoms with Crippen molar-refractivity contribution in [1.29, 1.82) is 0 Å². The first kappa shape index (κ1) is 15.1. The Hall–Kier alpha value is -1.27. The lowest BCUT2D eigenvalue weighted by molar-refractivity contribution is -0.192. The van der Waals surface area contributed by atoms with Crippen LogP contribution < -0.4 is 10.6 Å². The van der Waals surface area contributed by atoms with Crippen LogP contribution in [0, 0.1) is 11.3 Å². The average molecular weight is 292 g/mol. The summed E-state index contributed by atoms with van der Waals surface area (Å²) in [5.41, 5.74) is -2.26. The third kappa shape index (κ3) is 3.43. The molecular weight excluding hydrogens is 273 g/mol. The van der Waals surface area contributed by atoms with Gasteiger partial charge in [-0.15, -0.1) is 0 Å². The summed E-state index contributed by atoms with van der Waals surface area (Å²) in [6.07, 6.45) is -1.70. The van der Waals surface area contributed by atoms with E-state index in [2.05, 4.69) is 10.6 Å². The van der Waals surface area contributed by atoms with Crippen molar-refractivity contribution < 1.29 is 22.8 Å². The van der Waals surface area contributed by atoms with Gasteiger partial charge in [-0.3, -0.25) is 9.59 Å². The van der Waals surface area contributed by atoms with E-state index in [9.17, 15) is 22.8 Å². The zero-order chi connectivity index (χ0) is 15.0. The second-order valence-electron chi connectivity index (χ2n) is 5.91. The second-order valence-corrected chi connectivity index (χ2v) is 5.91. The smallest absolute Gasteiger partial charge is 0.352 e. The van der Waals surface area contributed by atoms with Crippen LogP contribution >= 0.6 is 0 Å². The Morgan fingerprint density at radius 2 is 1.90 bits per heavy atom. The highest BCUT2D eigenvalue weighted by molar-refractivity contribution is 5.90. The molecule has 0 aliphatic heterocycles. The highest BCUT2D eigenvalue weighted by Crippen LogP contribution is 2.57. The zero-order valence-corrected chi connectivity index (χ0v) is 11.3. The first-order valence-electron chi connectivity index (χ1n) is 6.89. The minimum atomic E-state index is -4.53. The van der Waals surface area contributed by atoms with Crippen LogP contribution in [0.4, 0.5) is 13.2 Å². The maximum Gasteiger partial charge on any atom is 0.403 e. The molecule has 2 aliphatic carbocycles. The minimum Gasteiger partial charge on any atom is -0.352 e. The van der Waals surface area contributed by atoms with E-state index < -0.39 is 30.0 Å². The zero-order valence-electron chi connectivity index (χ0n) is 11.3. The number of carbonyl (C=O) groups is 2. The standard InChI is InChI=1S/C13H19F3N2O2/c1-8(6-9-2-3-9)18-10(19)7-17-11(20)12(4-5-12)13(14,15)16/h8-9H,2-7H2,1H3,(H,17,20)(H,18,19). The maximum absolute atomic E-state index is 12.7. The Morgan fingerprint density at radius 3 is 2.35 bits per heavy atom. The first-order valence-corrected chi connectivity index (χ1v) is 6.89. The lowest BCUT2D eigenvalue weighted by Gasteiger charge is -2.19. The molecule has 7 heteroatoms. The van der Waals surface area contributed by atoms with Gasteiger partial charge in [0.05, 0.1) is 6.54 Å². The van der Waals surface area contributed by atoms with E-state index >= 15 is 0 Å². The fraction of sp³-hybridized carbons (Fsp3) is 0.846. The number of alkyl halides is 3. The fourth-order valence-electron chi connectivity index (χ4n) is 2.33. The number of halogens is 3. The fourth-order valence-corrected chi connectivity index (χ4v) is 2.33. The molecule has 114 valence electrons. The molecule has 0 aromatic heterocycles. The predicted octanol–water partition coefficient (Wildman–Crippen LogP) is 1.75. The summed E-state index contributed by atoms with van der Waals surface area (Å²) in [5.74, 6) is -0.876. The molecule has 0 saturated heterocycles. The summed E-state index contributed by atoms with van der Waals surface area (Å²) in [6, 6.07) is -0.00981. The van der Waals surface area contributed by atoms with Crippen LogP contribution in [-0.2, 0) is 9.59 Å². The third-order valence-electron chi connectivity index (χ3n) is 3.93. The van der Waals surface area contributed by atoms with E-state index in [4.69, 9.17) is 0 Å². The van der Waals surface area contributed by atoms with Crippen molar-refractivity contribution in [1.82, 2.24) is 10.6 Å². The van der Waals surface area contributed by atoms with Crippen molar-refractivity contribution in [3.63, 3.8) is 0 Å². The number of hydrogen-bond donors (Lipinski definition) is 2. The van der Waals surface area contributed by atoms with Gasteiger partial charge in [0.2, 0.25) is 11.8 Å². The predicted molar refractivity (Wildman–Crippen MR) is 65.7 cm³/mol. The quantitative estimate of drug-likeness (QED) is 0.783. The van der Waals surface area contributed by atoms with E-state index in [-0.39, 0.29) is 18.9 Å². The van der Waals surface area contributed by atoms with Crippen molar-refractivity contribution >= 4 is 11.8 Å². The summed E-state index contributed by atoms with van der Waals surface area (Å²) >= 11 is 0. The molecule has 0 spiro atoms. The number of rotatable bonds is 6. The van der Waals surface area contributed by atoms with Crippen LogP contribution in [-0.4, -0.2) is 30.6 Å². The van der Waals surface area contributed by atoms with Gasteiger partial charge in [0.25, 0.3) is 0 Å². The number of amides is 2. The van der Waals surface area contributed by atoms with Crippen molar-refractivity contribution in [2.75, 3.05) is 6.54 Å². The van der Waals surface area contributed by atoms with Crippen LogP contribution in [0.5, 0.6) is 0 Å². The van der Waals surface area contributed by atoms with Gasteiger partial charge in [0.15, 0.2) is 0 Å². The van der Waals surface area contributed by atoms with Gasteiger partial charge in [-0.2, -0.15) is 13.2 Å². The lowest BCUT2D eigenvalue weighted by atomic mass is 10.1. The Balaban J connectivity index is 1.71. The SMILES string of the molecule is CC(CC1CC1)NC(=O)CNC(=O)C1(C(F)(F)F)CC1. The Bertz CT molecular complexity index is 401. The molecule has 2 amide bonds. The number of nitrogens with one attached hydrogen (secondary N) is 2. The highest BCUT2D eigenvalue weighted by atomic mass is 19.4. The van der Waals surface area contributed by atoms with Crippen molar-refractivity contribution in [3.05, 3.63) is 0 Å². The molecule has 2 aliphatic rings. The topological polar surface area (TPSA) is 58.2 Å². The van der Waals surface area contributed by atoms with Gasteiger partial charge < -0.3 is 10.6 Å². The van der Waals surface area contributed by atoms with Crippen molar-refractivity contribution in [2.45, 2.75) is 51.2 Å². The average Bonchev–Trinajstić information content (AvgIpc) is 3.16. The normalized spacial score (nSPS) is 22.0. The summed E-state index contributed by atoms with van der Waals surface area (Å²) < 4.78 is 38.0. The molecule has 2 saturated carbocycles. The van der Waals surface area contributed by atoms with Gasteiger partial charge in [-0.05, 0) is 32.1 Å². The van der Waals surface area contributed by atoms with Gasteiger partial charge in [-0.1, -0.05) is 12.8 Å². The van der Waals surface area contributed by atoms with E-state index in [0.717, 1.165) is 6.42 Å². The third-order valence-corrected chi connectivity index (χ3v) is 3.93. The van der Waals surface area contributed by atoms with E-state index in [0.29, 0.717) is 5.92 Å². The van der Waals surface area contributed by atoms with E-state index in [1.165, 1.54) is 12.8 Å². The molecule has 20 heavy (non-hydrogen) atoms. The summed E-state index contributed by atoms with van der Waals surface area (Å²) in [4.78, 5) is 23.1. The Morgan fingerprint density at radius 1 is 1.30 bits per heavy atom. The summed E-state index contributed by atoms with van der Waals surface area (Å²) in [6.45, 7) is 1.46. The van der Waals surface area contributed by atoms with Crippen LogP contribution in [0.2, 0.25) is 0 Å². The Kier molecular flexibility index (Phi) is 3.97. The van der Waals surface area contributed by atoms with Gasteiger partial charge in [0.1, 0.15) is 5.41 Å². The van der Waals surface area contributed by atoms with Crippen LogP contribution in [0.1, 0.15) is 39.0 Å². The molecule has 1 unspecified atom stereocenters. The summed E-state index contributed by atoms with van der Waals surface area (Å²) in [7, 11) is 0. The molecule has 0 aromatic carbocycles. The second kappa shape index (κ2) is 5.26. The van der Waals surface area contributed by atoms with Gasteiger partial charge in [0, 0.05) is 6.04 Å². The Labute approximate surface area is 115 Å². The molecule has 2 fully saturated rings. The molecule has 0 aromatic rings. The van der Waals surface area contributed by atoms with Crippen LogP contribution in [0.15, 0.2) is 0 Å². The molecule has 1 atom stereocenters. The highest BCUT2D eigenvalue weighted by Gasteiger charge is 2.68. The molecule has 0 radical (unpaired) electrons. The van der Waals surface area contributed by atoms with E-state index in [1.807, 2.05) is 6.92 Å². The maximum atomic E-state index is 12.7. The van der Waals surface area contributed by atoms with E-state index in [1.54, 1.807) is 0 Å². The molecular formula is C13H19F3N2O2. The number of hydrogen-bond acceptors (Lipinski definition) is 2. The number of carbonyl (C=O) groups excluding carboxylic acids is 2. The van der Waals surface area contributed by atoms with Crippen molar-refractivity contribution in [2.24, 2.45) is 11.3 Å². The monoisotopic (exact) mass is 292 g/mol. The van der Waals surface area contributed by atoms with Gasteiger partial charge >= 0.3 is 6.18 Å². The molecule has 2 rings (SSSR count). The molecule has 0 heterocycles. The molecule has 4 nitrogen and oxygen atoms in total. The minimum absolute atomic E-state index is 0.00981. The van der Waals surface area contributed by atoms with Gasteiger partial charge in [-0.25, -0.2) is 0 Å². The molecule has 0 bridgehead atoms. The summed E-state index contributed by atoms with van der Waals surface area (Å²) in [5, 5.41) is 4.78. The first-order chi connectivity index (χ1) is 9.24. The lowest BCUT2D eigenvalue weighted by Crippen LogP contribution is -2.46.